The predicted octanol–water partition coefficient (Wildman–Crippen LogP) is 2.11. The zero-order chi connectivity index (χ0) is 18.6. The number of hydrogen-bond donors (Lipinski definition) is 1. The van der Waals surface area contributed by atoms with Gasteiger partial charge in [0.25, 0.3) is 5.91 Å². The van der Waals surface area contributed by atoms with Gasteiger partial charge < -0.3 is 10.5 Å². The molecule has 26 heavy (non-hydrogen) atoms. The molecule has 2 aromatic heterocycles. The van der Waals surface area contributed by atoms with Gasteiger partial charge in [0.15, 0.2) is 11.9 Å². The van der Waals surface area contributed by atoms with Crippen molar-refractivity contribution in [3.63, 3.8) is 0 Å². The molecule has 0 bridgehead atoms. The van der Waals surface area contributed by atoms with Gasteiger partial charge in [0.1, 0.15) is 0 Å². The normalized spacial score (nSPS) is 21.8. The molecule has 3 atom stereocenters. The zero-order valence-electron chi connectivity index (χ0n) is 15.7. The Labute approximate surface area is 153 Å². The van der Waals surface area contributed by atoms with Gasteiger partial charge in [0.05, 0.1) is 11.9 Å². The molecule has 4 rings (SSSR count). The van der Waals surface area contributed by atoms with E-state index in [1.54, 1.807) is 4.68 Å². The van der Waals surface area contributed by atoms with Crippen molar-refractivity contribution in [2.75, 3.05) is 0 Å². The Hall–Kier alpha value is -2.44. The van der Waals surface area contributed by atoms with E-state index >= 15 is 0 Å². The fraction of sp³-hybridized carbons (Fsp3) is 0.579. The van der Waals surface area contributed by atoms with Crippen LogP contribution in [0.5, 0.6) is 0 Å². The molecular formula is C19H25N5O2. The number of hydrogen-bond acceptors (Lipinski definition) is 4. The maximum atomic E-state index is 13.0. The highest BCUT2D eigenvalue weighted by Gasteiger charge is 2.50. The van der Waals surface area contributed by atoms with E-state index in [1.165, 1.54) is 18.6 Å². The molecule has 7 heteroatoms. The highest BCUT2D eigenvalue weighted by molar-refractivity contribution is 5.94. The molecule has 2 aliphatic rings. The SMILES string of the molecule is CC[C@@H](NC(=O)c1nn(-c2c[n+]([O-])ccn2)c2c1C[C@@H]1C[C@H]21)C(C)(C)C. The van der Waals surface area contributed by atoms with Crippen LogP contribution >= 0.6 is 0 Å². The lowest BCUT2D eigenvalue weighted by molar-refractivity contribution is -0.605. The first kappa shape index (κ1) is 17.0. The highest BCUT2D eigenvalue weighted by atomic mass is 16.5. The van der Waals surface area contributed by atoms with E-state index in [0.717, 1.165) is 30.5 Å². The van der Waals surface area contributed by atoms with Gasteiger partial charge in [-0.05, 0) is 30.6 Å². The van der Waals surface area contributed by atoms with Crippen molar-refractivity contribution in [2.24, 2.45) is 11.3 Å². The van der Waals surface area contributed by atoms with Gasteiger partial charge in [0.2, 0.25) is 12.0 Å². The third-order valence-electron chi connectivity index (χ3n) is 5.62. The zero-order valence-corrected chi connectivity index (χ0v) is 15.7. The fourth-order valence-electron chi connectivity index (χ4n) is 4.11. The van der Waals surface area contributed by atoms with Crippen LogP contribution in [0.25, 0.3) is 5.82 Å². The summed E-state index contributed by atoms with van der Waals surface area (Å²) in [7, 11) is 0. The Morgan fingerprint density at radius 1 is 1.50 bits per heavy atom. The summed E-state index contributed by atoms with van der Waals surface area (Å²) < 4.78 is 2.41. The summed E-state index contributed by atoms with van der Waals surface area (Å²) in [6.45, 7) is 8.46. The molecule has 1 N–H and O–H groups in total. The quantitative estimate of drug-likeness (QED) is 0.672. The minimum absolute atomic E-state index is 0.0205. The van der Waals surface area contributed by atoms with E-state index in [4.69, 9.17) is 0 Å². The first-order chi connectivity index (χ1) is 12.3. The Morgan fingerprint density at radius 3 is 2.92 bits per heavy atom. The van der Waals surface area contributed by atoms with Gasteiger partial charge in [-0.2, -0.15) is 9.83 Å². The number of fused-ring (bicyclic) bond motifs is 3. The molecular weight excluding hydrogens is 330 g/mol. The molecule has 2 aromatic rings. The lowest BCUT2D eigenvalue weighted by Crippen LogP contribution is -2.43. The van der Waals surface area contributed by atoms with Crippen LogP contribution in [-0.2, 0) is 6.42 Å². The molecule has 2 aliphatic carbocycles. The van der Waals surface area contributed by atoms with E-state index in [0.29, 0.717) is 28.1 Å². The van der Waals surface area contributed by atoms with E-state index in [9.17, 15) is 10.0 Å². The summed E-state index contributed by atoms with van der Waals surface area (Å²) in [5.74, 6) is 1.38. The Balaban J connectivity index is 1.71. The van der Waals surface area contributed by atoms with Crippen molar-refractivity contribution in [3.8, 4) is 5.82 Å². The van der Waals surface area contributed by atoms with Gasteiger partial charge in [-0.15, -0.1) is 0 Å². The Kier molecular flexibility index (Phi) is 3.78. The maximum absolute atomic E-state index is 13.0. The summed E-state index contributed by atoms with van der Waals surface area (Å²) in [4.78, 5) is 17.3. The van der Waals surface area contributed by atoms with Gasteiger partial charge >= 0.3 is 0 Å². The number of aromatic nitrogens is 4. The average molecular weight is 355 g/mol. The highest BCUT2D eigenvalue weighted by Crippen LogP contribution is 2.57. The number of carbonyl (C=O) groups excluding carboxylic acids is 1. The van der Waals surface area contributed by atoms with Crippen molar-refractivity contribution in [1.29, 1.82) is 0 Å². The molecule has 7 nitrogen and oxygen atoms in total. The summed E-state index contributed by atoms with van der Waals surface area (Å²) in [5, 5.41) is 19.4. The summed E-state index contributed by atoms with van der Waals surface area (Å²) in [6.07, 6.45) is 7.08. The molecule has 0 aromatic carbocycles. The first-order valence-electron chi connectivity index (χ1n) is 9.27. The van der Waals surface area contributed by atoms with Crippen LogP contribution in [0.1, 0.15) is 68.2 Å². The van der Waals surface area contributed by atoms with Crippen molar-refractivity contribution >= 4 is 5.91 Å². The van der Waals surface area contributed by atoms with E-state index in [2.05, 4.69) is 43.1 Å². The van der Waals surface area contributed by atoms with Crippen molar-refractivity contribution < 1.29 is 9.52 Å². The van der Waals surface area contributed by atoms with Crippen molar-refractivity contribution in [1.82, 2.24) is 20.1 Å². The average Bonchev–Trinajstić information content (AvgIpc) is 3.07. The van der Waals surface area contributed by atoms with Crippen molar-refractivity contribution in [2.45, 2.75) is 58.9 Å². The van der Waals surface area contributed by atoms with E-state index in [-0.39, 0.29) is 17.4 Å². The molecule has 0 aliphatic heterocycles. The number of amides is 1. The van der Waals surface area contributed by atoms with Gasteiger partial charge in [-0.3, -0.25) is 4.79 Å². The molecule has 0 radical (unpaired) electrons. The van der Waals surface area contributed by atoms with Crippen LogP contribution in [0.4, 0.5) is 0 Å². The lowest BCUT2D eigenvalue weighted by Gasteiger charge is -2.30. The molecule has 2 heterocycles. The van der Waals surface area contributed by atoms with Crippen LogP contribution in [-0.4, -0.2) is 26.7 Å². The van der Waals surface area contributed by atoms with Gasteiger partial charge in [-0.25, -0.2) is 9.67 Å². The second-order valence-corrected chi connectivity index (χ2v) is 8.51. The maximum Gasteiger partial charge on any atom is 0.272 e. The minimum atomic E-state index is -0.131. The molecule has 1 fully saturated rings. The molecule has 1 amide bonds. The van der Waals surface area contributed by atoms with Crippen LogP contribution in [0.15, 0.2) is 18.6 Å². The Bertz CT molecular complexity index is 867. The van der Waals surface area contributed by atoms with Crippen LogP contribution in [0, 0.1) is 16.5 Å². The topological polar surface area (TPSA) is 86.8 Å². The largest absolute Gasteiger partial charge is 0.619 e. The molecule has 0 unspecified atom stereocenters. The standard InChI is InChI=1S/C19H25N5O2/c1-5-14(19(2,3)4)21-18(25)16-13-9-11-8-12(11)17(13)24(22-16)15-10-23(26)7-6-20-15/h6-7,10-12,14H,5,8-9H2,1-4H3,(H,21,25)/t11-,12-,14+/m0/s1. The van der Waals surface area contributed by atoms with E-state index in [1.807, 2.05) is 0 Å². The van der Waals surface area contributed by atoms with Gasteiger partial charge in [-0.1, -0.05) is 27.7 Å². The van der Waals surface area contributed by atoms with Crippen LogP contribution in [0.3, 0.4) is 0 Å². The molecule has 138 valence electrons. The second-order valence-electron chi connectivity index (χ2n) is 8.51. The molecule has 1 saturated carbocycles. The second kappa shape index (κ2) is 5.79. The minimum Gasteiger partial charge on any atom is -0.619 e. The Morgan fingerprint density at radius 2 is 2.27 bits per heavy atom. The molecule has 0 spiro atoms. The smallest absolute Gasteiger partial charge is 0.272 e. The third-order valence-corrected chi connectivity index (χ3v) is 5.62. The monoisotopic (exact) mass is 355 g/mol. The molecule has 0 saturated heterocycles. The van der Waals surface area contributed by atoms with Crippen molar-refractivity contribution in [3.05, 3.63) is 40.7 Å². The number of carbonyl (C=O) groups is 1. The summed E-state index contributed by atoms with van der Waals surface area (Å²) in [6, 6.07) is 0.0744. The lowest BCUT2D eigenvalue weighted by atomic mass is 9.85. The summed E-state index contributed by atoms with van der Waals surface area (Å²) in [5.41, 5.74) is 2.55. The first-order valence-corrected chi connectivity index (χ1v) is 9.27. The van der Waals surface area contributed by atoms with E-state index < -0.39 is 0 Å². The predicted molar refractivity (Wildman–Crippen MR) is 95.9 cm³/mol. The summed E-state index contributed by atoms with van der Waals surface area (Å²) >= 11 is 0. The third kappa shape index (κ3) is 2.75. The van der Waals surface area contributed by atoms with Crippen LogP contribution < -0.4 is 10.0 Å². The number of nitrogens with one attached hydrogen (secondary N) is 1. The number of rotatable bonds is 4. The van der Waals surface area contributed by atoms with Gasteiger partial charge in [0, 0.05) is 17.5 Å². The van der Waals surface area contributed by atoms with Crippen LogP contribution in [0.2, 0.25) is 0 Å². The number of nitrogens with zero attached hydrogens (tertiary/aromatic N) is 4. The fourth-order valence-corrected chi connectivity index (χ4v) is 4.11.